The van der Waals surface area contributed by atoms with Crippen molar-refractivity contribution in [2.75, 3.05) is 13.7 Å². The van der Waals surface area contributed by atoms with Crippen molar-refractivity contribution in [3.8, 4) is 0 Å². The molecule has 0 aliphatic rings. The zero-order chi connectivity index (χ0) is 13.5. The third-order valence-electron chi connectivity index (χ3n) is 2.53. The summed E-state index contributed by atoms with van der Waals surface area (Å²) in [4.78, 5) is 11.3. The summed E-state index contributed by atoms with van der Waals surface area (Å²) >= 11 is 3.43. The molecule has 1 aromatic rings. The molecule has 0 heterocycles. The lowest BCUT2D eigenvalue weighted by atomic mass is 10.1. The van der Waals surface area contributed by atoms with E-state index in [1.807, 2.05) is 6.07 Å². The number of rotatable bonds is 6. The van der Waals surface area contributed by atoms with Crippen LogP contribution in [0.2, 0.25) is 0 Å². The van der Waals surface area contributed by atoms with Gasteiger partial charge in [0.1, 0.15) is 0 Å². The Labute approximate surface area is 115 Å². The normalized spacial score (nSPS) is 12.2. The predicted molar refractivity (Wildman–Crippen MR) is 73.5 cm³/mol. The van der Waals surface area contributed by atoms with Crippen molar-refractivity contribution in [3.63, 3.8) is 0 Å². The molecule has 0 saturated carbocycles. The van der Waals surface area contributed by atoms with Crippen LogP contribution in [0.3, 0.4) is 0 Å². The van der Waals surface area contributed by atoms with Gasteiger partial charge in [0.2, 0.25) is 0 Å². The molecule has 18 heavy (non-hydrogen) atoms. The van der Waals surface area contributed by atoms with Crippen LogP contribution >= 0.6 is 15.9 Å². The van der Waals surface area contributed by atoms with Gasteiger partial charge >= 0.3 is 5.97 Å². The molecule has 0 saturated heterocycles. The van der Waals surface area contributed by atoms with Gasteiger partial charge in [-0.25, -0.2) is 4.79 Å². The molecule has 2 N–H and O–H groups in total. The van der Waals surface area contributed by atoms with E-state index in [0.29, 0.717) is 12.1 Å². The molecule has 1 aromatic carbocycles. The molecule has 5 heteroatoms. The molecule has 1 rings (SSSR count). The van der Waals surface area contributed by atoms with E-state index >= 15 is 0 Å². The number of aliphatic hydroxyl groups is 1. The van der Waals surface area contributed by atoms with E-state index < -0.39 is 0 Å². The molecule has 0 aliphatic heterocycles. The zero-order valence-corrected chi connectivity index (χ0v) is 12.2. The van der Waals surface area contributed by atoms with E-state index in [2.05, 4.69) is 26.0 Å². The summed E-state index contributed by atoms with van der Waals surface area (Å²) in [6, 6.07) is 5.37. The lowest BCUT2D eigenvalue weighted by Crippen LogP contribution is -2.19. The number of esters is 1. The number of aliphatic hydroxyl groups excluding tert-OH is 1. The summed E-state index contributed by atoms with van der Waals surface area (Å²) in [5.41, 5.74) is 1.59. The van der Waals surface area contributed by atoms with Gasteiger partial charge in [0.15, 0.2) is 0 Å². The topological polar surface area (TPSA) is 58.6 Å². The van der Waals surface area contributed by atoms with Crippen LogP contribution in [-0.4, -0.2) is 30.8 Å². The number of methoxy groups -OCH3 is 1. The fourth-order valence-corrected chi connectivity index (χ4v) is 1.99. The van der Waals surface area contributed by atoms with Crippen LogP contribution in [0.5, 0.6) is 0 Å². The number of ether oxygens (including phenoxy) is 1. The monoisotopic (exact) mass is 315 g/mol. The van der Waals surface area contributed by atoms with E-state index in [1.54, 1.807) is 19.1 Å². The van der Waals surface area contributed by atoms with E-state index in [9.17, 15) is 4.79 Å². The Balaban J connectivity index is 2.55. The van der Waals surface area contributed by atoms with Gasteiger partial charge in [-0.2, -0.15) is 0 Å². The Morgan fingerprint density at radius 2 is 2.28 bits per heavy atom. The first-order valence-electron chi connectivity index (χ1n) is 5.80. The van der Waals surface area contributed by atoms with Gasteiger partial charge in [-0.15, -0.1) is 0 Å². The number of hydrogen-bond acceptors (Lipinski definition) is 4. The third-order valence-corrected chi connectivity index (χ3v) is 3.27. The van der Waals surface area contributed by atoms with Crippen LogP contribution < -0.4 is 5.32 Å². The summed E-state index contributed by atoms with van der Waals surface area (Å²) < 4.78 is 5.52. The Hall–Kier alpha value is -0.910. The molecule has 1 unspecified atom stereocenters. The molecule has 0 fully saturated rings. The smallest absolute Gasteiger partial charge is 0.337 e. The number of carbonyl (C=O) groups is 1. The SMILES string of the molecule is COC(=O)c1ccc(CNCCC(C)O)c(Br)c1. The Kier molecular flexibility index (Phi) is 6.32. The summed E-state index contributed by atoms with van der Waals surface area (Å²) in [7, 11) is 1.36. The number of benzene rings is 1. The van der Waals surface area contributed by atoms with Gasteiger partial charge in [-0.3, -0.25) is 0 Å². The third kappa shape index (κ3) is 4.76. The minimum absolute atomic E-state index is 0.289. The first-order chi connectivity index (χ1) is 8.54. The van der Waals surface area contributed by atoms with Crippen molar-refractivity contribution in [2.45, 2.75) is 26.0 Å². The lowest BCUT2D eigenvalue weighted by Gasteiger charge is -2.09. The molecule has 0 aromatic heterocycles. The first kappa shape index (κ1) is 15.1. The van der Waals surface area contributed by atoms with Gasteiger partial charge in [0, 0.05) is 11.0 Å². The van der Waals surface area contributed by atoms with Gasteiger partial charge in [0.05, 0.1) is 18.8 Å². The van der Waals surface area contributed by atoms with Gasteiger partial charge in [-0.1, -0.05) is 22.0 Å². The second-order valence-corrected chi connectivity index (χ2v) is 4.97. The minimum atomic E-state index is -0.343. The standard InChI is InChI=1S/C13H18BrNO3/c1-9(16)5-6-15-8-11-4-3-10(7-12(11)14)13(17)18-2/h3-4,7,9,15-16H,5-6,8H2,1-2H3. The largest absolute Gasteiger partial charge is 0.465 e. The Bertz CT molecular complexity index is 407. The average Bonchev–Trinajstić information content (AvgIpc) is 2.34. The quantitative estimate of drug-likeness (QED) is 0.623. The van der Waals surface area contributed by atoms with Gasteiger partial charge < -0.3 is 15.2 Å². The molecular weight excluding hydrogens is 298 g/mol. The van der Waals surface area contributed by atoms with Crippen LogP contribution in [0.1, 0.15) is 29.3 Å². The zero-order valence-electron chi connectivity index (χ0n) is 10.6. The second-order valence-electron chi connectivity index (χ2n) is 4.11. The molecular formula is C13H18BrNO3. The van der Waals surface area contributed by atoms with E-state index in [1.165, 1.54) is 7.11 Å². The van der Waals surface area contributed by atoms with Crippen LogP contribution in [0.4, 0.5) is 0 Å². The molecule has 0 amide bonds. The molecule has 0 spiro atoms. The summed E-state index contributed by atoms with van der Waals surface area (Å²) in [5, 5.41) is 12.4. The van der Waals surface area contributed by atoms with Crippen LogP contribution in [0.25, 0.3) is 0 Å². The highest BCUT2D eigenvalue weighted by Crippen LogP contribution is 2.19. The van der Waals surface area contributed by atoms with Crippen molar-refractivity contribution in [2.24, 2.45) is 0 Å². The number of halogens is 1. The molecule has 4 nitrogen and oxygen atoms in total. The Morgan fingerprint density at radius 3 is 2.83 bits per heavy atom. The molecule has 0 radical (unpaired) electrons. The van der Waals surface area contributed by atoms with Gasteiger partial charge in [-0.05, 0) is 37.6 Å². The highest BCUT2D eigenvalue weighted by atomic mass is 79.9. The number of hydrogen-bond donors (Lipinski definition) is 2. The maximum absolute atomic E-state index is 11.3. The number of nitrogens with one attached hydrogen (secondary N) is 1. The van der Waals surface area contributed by atoms with Crippen LogP contribution in [0.15, 0.2) is 22.7 Å². The van der Waals surface area contributed by atoms with Gasteiger partial charge in [0.25, 0.3) is 0 Å². The first-order valence-corrected chi connectivity index (χ1v) is 6.59. The molecule has 0 aliphatic carbocycles. The van der Waals surface area contributed by atoms with E-state index in [0.717, 1.165) is 23.0 Å². The highest BCUT2D eigenvalue weighted by Gasteiger charge is 2.08. The number of carbonyl (C=O) groups excluding carboxylic acids is 1. The maximum atomic E-state index is 11.3. The van der Waals surface area contributed by atoms with Crippen molar-refractivity contribution < 1.29 is 14.6 Å². The highest BCUT2D eigenvalue weighted by molar-refractivity contribution is 9.10. The maximum Gasteiger partial charge on any atom is 0.337 e. The molecule has 0 bridgehead atoms. The minimum Gasteiger partial charge on any atom is -0.465 e. The van der Waals surface area contributed by atoms with E-state index in [-0.39, 0.29) is 12.1 Å². The summed E-state index contributed by atoms with van der Waals surface area (Å²) in [6.45, 7) is 3.21. The van der Waals surface area contributed by atoms with Crippen LogP contribution in [0, 0.1) is 0 Å². The Morgan fingerprint density at radius 1 is 1.56 bits per heavy atom. The van der Waals surface area contributed by atoms with Crippen LogP contribution in [-0.2, 0) is 11.3 Å². The van der Waals surface area contributed by atoms with E-state index in [4.69, 9.17) is 5.11 Å². The predicted octanol–water partition coefficient (Wildman–Crippen LogP) is 2.10. The lowest BCUT2D eigenvalue weighted by molar-refractivity contribution is 0.0600. The van der Waals surface area contributed by atoms with Crippen molar-refractivity contribution in [1.82, 2.24) is 5.32 Å². The van der Waals surface area contributed by atoms with Crippen molar-refractivity contribution in [3.05, 3.63) is 33.8 Å². The second kappa shape index (κ2) is 7.51. The molecule has 1 atom stereocenters. The van der Waals surface area contributed by atoms with Crippen molar-refractivity contribution >= 4 is 21.9 Å². The fourth-order valence-electron chi connectivity index (χ4n) is 1.47. The summed E-state index contributed by atoms with van der Waals surface area (Å²) in [5.74, 6) is -0.343. The fraction of sp³-hybridized carbons (Fsp3) is 0.462. The van der Waals surface area contributed by atoms with Crippen molar-refractivity contribution in [1.29, 1.82) is 0 Å². The average molecular weight is 316 g/mol. The molecule has 100 valence electrons. The summed E-state index contributed by atoms with van der Waals surface area (Å²) in [6.07, 6.45) is 0.431.